The number of nitrogens with zero attached hydrogens (tertiary/aromatic N) is 1. The molecule has 0 aliphatic carbocycles. The third kappa shape index (κ3) is 2.89. The van der Waals surface area contributed by atoms with Crippen LogP contribution in [0.15, 0.2) is 24.3 Å². The lowest BCUT2D eigenvalue weighted by Crippen LogP contribution is -1.84. The number of aromatic amines is 1. The third-order valence-corrected chi connectivity index (χ3v) is 1.86. The highest BCUT2D eigenvalue weighted by atomic mass is 19.1. The number of halogens is 2. The molecule has 86 valence electrons. The van der Waals surface area contributed by atoms with Gasteiger partial charge in [0.05, 0.1) is 5.69 Å². The molecule has 1 aromatic carbocycles. The van der Waals surface area contributed by atoms with Crippen molar-refractivity contribution in [2.75, 3.05) is 0 Å². The zero-order valence-corrected chi connectivity index (χ0v) is 9.51. The van der Waals surface area contributed by atoms with Gasteiger partial charge in [-0.05, 0) is 25.1 Å². The van der Waals surface area contributed by atoms with Crippen molar-refractivity contribution in [1.29, 1.82) is 0 Å². The van der Waals surface area contributed by atoms with Crippen molar-refractivity contribution >= 4 is 0 Å². The largest absolute Gasteiger partial charge is 0.282 e. The van der Waals surface area contributed by atoms with Gasteiger partial charge in [-0.1, -0.05) is 13.8 Å². The number of rotatable bonds is 1. The maximum absolute atomic E-state index is 12.8. The Kier molecular flexibility index (Phi) is 4.17. The Morgan fingerprint density at radius 2 is 1.56 bits per heavy atom. The van der Waals surface area contributed by atoms with Crippen molar-refractivity contribution in [3.05, 3.63) is 41.6 Å². The summed E-state index contributed by atoms with van der Waals surface area (Å²) in [5.41, 5.74) is 1.83. The van der Waals surface area contributed by atoms with E-state index in [-0.39, 0.29) is 0 Å². The van der Waals surface area contributed by atoms with Gasteiger partial charge in [-0.15, -0.1) is 0 Å². The summed E-state index contributed by atoms with van der Waals surface area (Å²) in [6.07, 6.45) is 0. The van der Waals surface area contributed by atoms with E-state index in [2.05, 4.69) is 10.2 Å². The lowest BCUT2D eigenvalue weighted by Gasteiger charge is -1.96. The number of benzene rings is 1. The molecular formula is C12H14F2N2. The minimum Gasteiger partial charge on any atom is -0.282 e. The summed E-state index contributed by atoms with van der Waals surface area (Å²) in [5.74, 6) is -1.19. The molecule has 2 rings (SSSR count). The van der Waals surface area contributed by atoms with Gasteiger partial charge in [-0.25, -0.2) is 8.78 Å². The van der Waals surface area contributed by atoms with E-state index in [4.69, 9.17) is 0 Å². The Bertz CT molecular complexity index is 444. The van der Waals surface area contributed by atoms with Gasteiger partial charge in [0.1, 0.15) is 11.6 Å². The molecule has 4 heteroatoms. The molecule has 0 aliphatic rings. The average molecular weight is 224 g/mol. The van der Waals surface area contributed by atoms with Gasteiger partial charge in [-0.3, -0.25) is 5.10 Å². The first-order valence-corrected chi connectivity index (χ1v) is 5.13. The van der Waals surface area contributed by atoms with Crippen LogP contribution in [0.5, 0.6) is 0 Å². The van der Waals surface area contributed by atoms with Gasteiger partial charge in [0, 0.05) is 17.3 Å². The minimum atomic E-state index is -0.597. The maximum atomic E-state index is 12.8. The van der Waals surface area contributed by atoms with Crippen LogP contribution in [0.1, 0.15) is 19.5 Å². The van der Waals surface area contributed by atoms with Gasteiger partial charge in [0.15, 0.2) is 0 Å². The molecular weight excluding hydrogens is 210 g/mol. The van der Waals surface area contributed by atoms with E-state index in [1.807, 2.05) is 20.8 Å². The normalized spacial score (nSPS) is 9.56. The number of aromatic nitrogens is 2. The molecule has 0 unspecified atom stereocenters. The quantitative estimate of drug-likeness (QED) is 0.786. The molecule has 1 heterocycles. The second-order valence-corrected chi connectivity index (χ2v) is 3.09. The van der Waals surface area contributed by atoms with Crippen molar-refractivity contribution in [3.63, 3.8) is 0 Å². The molecule has 2 nitrogen and oxygen atoms in total. The van der Waals surface area contributed by atoms with Crippen LogP contribution in [0.2, 0.25) is 0 Å². The zero-order chi connectivity index (χ0) is 12.1. The molecule has 2 aromatic rings. The van der Waals surface area contributed by atoms with Gasteiger partial charge in [0.25, 0.3) is 0 Å². The van der Waals surface area contributed by atoms with Gasteiger partial charge in [0.2, 0.25) is 0 Å². The predicted octanol–water partition coefficient (Wildman–Crippen LogP) is 3.69. The SMILES string of the molecule is CC.Cc1cc(-c2cc(F)cc(F)c2)n[nH]1. The van der Waals surface area contributed by atoms with Crippen LogP contribution in [0.4, 0.5) is 8.78 Å². The van der Waals surface area contributed by atoms with E-state index >= 15 is 0 Å². The van der Waals surface area contributed by atoms with E-state index in [0.29, 0.717) is 11.3 Å². The van der Waals surface area contributed by atoms with E-state index in [1.54, 1.807) is 6.07 Å². The highest BCUT2D eigenvalue weighted by Gasteiger charge is 2.05. The Balaban J connectivity index is 0.000000606. The third-order valence-electron chi connectivity index (χ3n) is 1.86. The topological polar surface area (TPSA) is 28.7 Å². The van der Waals surface area contributed by atoms with Gasteiger partial charge >= 0.3 is 0 Å². The summed E-state index contributed by atoms with van der Waals surface area (Å²) >= 11 is 0. The van der Waals surface area contributed by atoms with Crippen LogP contribution in [0.25, 0.3) is 11.3 Å². The van der Waals surface area contributed by atoms with Gasteiger partial charge < -0.3 is 0 Å². The molecule has 0 atom stereocenters. The Morgan fingerprint density at radius 1 is 1.00 bits per heavy atom. The molecule has 0 saturated carbocycles. The Morgan fingerprint density at radius 3 is 2.00 bits per heavy atom. The maximum Gasteiger partial charge on any atom is 0.126 e. The monoisotopic (exact) mass is 224 g/mol. The molecule has 0 amide bonds. The first kappa shape index (κ1) is 12.4. The van der Waals surface area contributed by atoms with Crippen LogP contribution in [-0.4, -0.2) is 10.2 Å². The molecule has 16 heavy (non-hydrogen) atoms. The fourth-order valence-corrected chi connectivity index (χ4v) is 1.27. The Hall–Kier alpha value is -1.71. The summed E-state index contributed by atoms with van der Waals surface area (Å²) in [6, 6.07) is 5.06. The minimum absolute atomic E-state index is 0.437. The fourth-order valence-electron chi connectivity index (χ4n) is 1.27. The molecule has 0 spiro atoms. The Labute approximate surface area is 93.3 Å². The number of H-pyrrole nitrogens is 1. The average Bonchev–Trinajstić information content (AvgIpc) is 2.66. The van der Waals surface area contributed by atoms with Gasteiger partial charge in [-0.2, -0.15) is 5.10 Å². The van der Waals surface area contributed by atoms with Crippen LogP contribution in [-0.2, 0) is 0 Å². The van der Waals surface area contributed by atoms with Crippen molar-refractivity contribution in [2.45, 2.75) is 20.8 Å². The zero-order valence-electron chi connectivity index (χ0n) is 9.51. The summed E-state index contributed by atoms with van der Waals surface area (Å²) in [7, 11) is 0. The smallest absolute Gasteiger partial charge is 0.126 e. The lowest BCUT2D eigenvalue weighted by molar-refractivity contribution is 0.584. The van der Waals surface area contributed by atoms with E-state index < -0.39 is 11.6 Å². The first-order valence-electron chi connectivity index (χ1n) is 5.13. The molecule has 0 fully saturated rings. The van der Waals surface area contributed by atoms with Crippen molar-refractivity contribution < 1.29 is 8.78 Å². The van der Waals surface area contributed by atoms with Crippen LogP contribution < -0.4 is 0 Å². The van der Waals surface area contributed by atoms with Crippen molar-refractivity contribution in [2.24, 2.45) is 0 Å². The number of hydrogen-bond donors (Lipinski definition) is 1. The lowest BCUT2D eigenvalue weighted by atomic mass is 10.1. The summed E-state index contributed by atoms with van der Waals surface area (Å²) in [6.45, 7) is 5.83. The summed E-state index contributed by atoms with van der Waals surface area (Å²) < 4.78 is 25.7. The van der Waals surface area contributed by atoms with E-state index in [9.17, 15) is 8.78 Å². The molecule has 1 N–H and O–H groups in total. The summed E-state index contributed by atoms with van der Waals surface area (Å²) in [5, 5.41) is 6.62. The van der Waals surface area contributed by atoms with E-state index in [1.165, 1.54) is 12.1 Å². The summed E-state index contributed by atoms with van der Waals surface area (Å²) in [4.78, 5) is 0. The number of hydrogen-bond acceptors (Lipinski definition) is 1. The fraction of sp³-hybridized carbons (Fsp3) is 0.250. The molecule has 0 saturated heterocycles. The number of nitrogens with one attached hydrogen (secondary N) is 1. The van der Waals surface area contributed by atoms with Crippen molar-refractivity contribution in [1.82, 2.24) is 10.2 Å². The molecule has 1 aromatic heterocycles. The van der Waals surface area contributed by atoms with Crippen LogP contribution >= 0.6 is 0 Å². The second kappa shape index (κ2) is 5.39. The van der Waals surface area contributed by atoms with Crippen LogP contribution in [0, 0.1) is 18.6 Å². The molecule has 0 radical (unpaired) electrons. The highest BCUT2D eigenvalue weighted by Crippen LogP contribution is 2.19. The first-order chi connectivity index (χ1) is 7.65. The van der Waals surface area contributed by atoms with Crippen LogP contribution in [0.3, 0.4) is 0 Å². The second-order valence-electron chi connectivity index (χ2n) is 3.09. The molecule has 0 aliphatic heterocycles. The highest BCUT2D eigenvalue weighted by molar-refractivity contribution is 5.59. The standard InChI is InChI=1S/C10H8F2N2.C2H6/c1-6-2-10(14-13-6)7-3-8(11)5-9(12)4-7;1-2/h2-5H,1H3,(H,13,14);1-2H3. The number of aryl methyl sites for hydroxylation is 1. The predicted molar refractivity (Wildman–Crippen MR) is 60.0 cm³/mol. The molecule has 0 bridgehead atoms. The van der Waals surface area contributed by atoms with Crippen molar-refractivity contribution in [3.8, 4) is 11.3 Å². The van der Waals surface area contributed by atoms with E-state index in [0.717, 1.165) is 11.8 Å².